The Hall–Kier alpha value is -1.26. The van der Waals surface area contributed by atoms with E-state index in [9.17, 15) is 5.11 Å². The summed E-state index contributed by atoms with van der Waals surface area (Å²) in [4.78, 5) is 0. The Kier molecular flexibility index (Phi) is 3.31. The van der Waals surface area contributed by atoms with E-state index in [0.29, 0.717) is 12.4 Å². The minimum absolute atomic E-state index is 0.120. The molecule has 1 fully saturated rings. The number of hydrogen-bond acceptors (Lipinski definition) is 4. The highest BCUT2D eigenvalue weighted by Crippen LogP contribution is 2.32. The molecule has 1 heterocycles. The van der Waals surface area contributed by atoms with E-state index >= 15 is 0 Å². The fraction of sp³-hybridized carbons (Fsp3) is 0.500. The van der Waals surface area contributed by atoms with E-state index in [0.717, 1.165) is 12.0 Å². The smallest absolute Gasteiger partial charge is 0.184 e. The quantitative estimate of drug-likeness (QED) is 0.836. The molecular weight excluding hydrogens is 208 g/mol. The first kappa shape index (κ1) is 11.2. The number of aromatic hydroxyl groups is 1. The van der Waals surface area contributed by atoms with Gasteiger partial charge in [0.05, 0.1) is 19.8 Å². The molecule has 88 valence electrons. The Morgan fingerprint density at radius 1 is 1.44 bits per heavy atom. The standard InChI is InChI=1S/C12H16O4/c1-8-5-6-15-12(16-8)9-3-4-10(13)11(7-9)14-2/h3-4,7-8,12-13H,5-6H2,1-2H3/t8-,12-/m0/s1. The van der Waals surface area contributed by atoms with Crippen molar-refractivity contribution in [3.63, 3.8) is 0 Å². The van der Waals surface area contributed by atoms with Crippen LogP contribution in [0.2, 0.25) is 0 Å². The lowest BCUT2D eigenvalue weighted by Gasteiger charge is -2.28. The molecule has 2 atom stereocenters. The van der Waals surface area contributed by atoms with Gasteiger partial charge in [0, 0.05) is 5.56 Å². The van der Waals surface area contributed by atoms with Crippen LogP contribution < -0.4 is 4.74 Å². The number of hydrogen-bond donors (Lipinski definition) is 1. The summed E-state index contributed by atoms with van der Waals surface area (Å²) in [5.74, 6) is 0.554. The zero-order chi connectivity index (χ0) is 11.5. The molecular formula is C12H16O4. The third kappa shape index (κ3) is 2.28. The summed E-state index contributed by atoms with van der Waals surface area (Å²) >= 11 is 0. The zero-order valence-corrected chi connectivity index (χ0v) is 9.47. The van der Waals surface area contributed by atoms with Gasteiger partial charge in [-0.2, -0.15) is 0 Å². The lowest BCUT2D eigenvalue weighted by molar-refractivity contribution is -0.212. The molecule has 16 heavy (non-hydrogen) atoms. The van der Waals surface area contributed by atoms with Crippen molar-refractivity contribution in [1.29, 1.82) is 0 Å². The minimum atomic E-state index is -0.363. The average Bonchev–Trinajstić information content (AvgIpc) is 2.29. The molecule has 0 amide bonds. The van der Waals surface area contributed by atoms with E-state index < -0.39 is 0 Å². The maximum Gasteiger partial charge on any atom is 0.184 e. The Bertz CT molecular complexity index is 364. The van der Waals surface area contributed by atoms with Crippen LogP contribution >= 0.6 is 0 Å². The Labute approximate surface area is 94.8 Å². The SMILES string of the molecule is COc1cc([C@H]2OCC[C@H](C)O2)ccc1O. The maximum atomic E-state index is 9.48. The number of phenols is 1. The highest BCUT2D eigenvalue weighted by molar-refractivity contribution is 5.42. The van der Waals surface area contributed by atoms with Crippen molar-refractivity contribution in [3.8, 4) is 11.5 Å². The monoisotopic (exact) mass is 224 g/mol. The van der Waals surface area contributed by atoms with Gasteiger partial charge in [-0.25, -0.2) is 0 Å². The van der Waals surface area contributed by atoms with Gasteiger partial charge < -0.3 is 19.3 Å². The van der Waals surface area contributed by atoms with Crippen molar-refractivity contribution in [1.82, 2.24) is 0 Å². The van der Waals surface area contributed by atoms with Crippen LogP contribution in [-0.4, -0.2) is 24.9 Å². The van der Waals surface area contributed by atoms with Gasteiger partial charge in [0.15, 0.2) is 17.8 Å². The Balaban J connectivity index is 2.19. The minimum Gasteiger partial charge on any atom is -0.504 e. The lowest BCUT2D eigenvalue weighted by atomic mass is 10.1. The fourth-order valence-electron chi connectivity index (χ4n) is 1.67. The molecule has 1 aliphatic rings. The molecule has 0 unspecified atom stereocenters. The van der Waals surface area contributed by atoms with Crippen LogP contribution in [0.4, 0.5) is 0 Å². The molecule has 1 N–H and O–H groups in total. The molecule has 0 saturated carbocycles. The number of methoxy groups -OCH3 is 1. The van der Waals surface area contributed by atoms with Gasteiger partial charge in [-0.05, 0) is 25.5 Å². The molecule has 1 aliphatic heterocycles. The predicted molar refractivity (Wildman–Crippen MR) is 58.5 cm³/mol. The van der Waals surface area contributed by atoms with Gasteiger partial charge in [-0.1, -0.05) is 6.07 Å². The van der Waals surface area contributed by atoms with E-state index in [1.54, 1.807) is 18.2 Å². The van der Waals surface area contributed by atoms with Crippen LogP contribution in [-0.2, 0) is 9.47 Å². The van der Waals surface area contributed by atoms with E-state index in [-0.39, 0.29) is 18.1 Å². The molecule has 0 bridgehead atoms. The van der Waals surface area contributed by atoms with E-state index in [1.165, 1.54) is 7.11 Å². The Morgan fingerprint density at radius 3 is 2.94 bits per heavy atom. The number of ether oxygens (including phenoxy) is 3. The molecule has 2 rings (SSSR count). The molecule has 0 radical (unpaired) electrons. The van der Waals surface area contributed by atoms with Gasteiger partial charge in [-0.15, -0.1) is 0 Å². The van der Waals surface area contributed by atoms with Crippen molar-refractivity contribution < 1.29 is 19.3 Å². The zero-order valence-electron chi connectivity index (χ0n) is 9.47. The number of phenolic OH excluding ortho intramolecular Hbond substituents is 1. The van der Waals surface area contributed by atoms with Crippen LogP contribution in [0.25, 0.3) is 0 Å². The third-order valence-corrected chi connectivity index (χ3v) is 2.63. The first-order valence-electron chi connectivity index (χ1n) is 5.34. The van der Waals surface area contributed by atoms with Gasteiger partial charge in [0.2, 0.25) is 0 Å². The van der Waals surface area contributed by atoms with Crippen molar-refractivity contribution in [2.24, 2.45) is 0 Å². The van der Waals surface area contributed by atoms with Crippen molar-refractivity contribution in [2.45, 2.75) is 25.7 Å². The largest absolute Gasteiger partial charge is 0.504 e. The van der Waals surface area contributed by atoms with E-state index in [4.69, 9.17) is 14.2 Å². The summed E-state index contributed by atoms with van der Waals surface area (Å²) in [6.07, 6.45) is 0.739. The van der Waals surface area contributed by atoms with Gasteiger partial charge in [0.25, 0.3) is 0 Å². The van der Waals surface area contributed by atoms with Crippen LogP contribution in [0, 0.1) is 0 Å². The van der Waals surface area contributed by atoms with Crippen molar-refractivity contribution in [2.75, 3.05) is 13.7 Å². The lowest BCUT2D eigenvalue weighted by Crippen LogP contribution is -2.24. The molecule has 0 aromatic heterocycles. The van der Waals surface area contributed by atoms with Crippen LogP contribution in [0.5, 0.6) is 11.5 Å². The average molecular weight is 224 g/mol. The van der Waals surface area contributed by atoms with E-state index in [1.807, 2.05) is 6.92 Å². The first-order valence-corrected chi connectivity index (χ1v) is 5.34. The highest BCUT2D eigenvalue weighted by atomic mass is 16.7. The van der Waals surface area contributed by atoms with Crippen LogP contribution in [0.3, 0.4) is 0 Å². The highest BCUT2D eigenvalue weighted by Gasteiger charge is 2.22. The van der Waals surface area contributed by atoms with Crippen molar-refractivity contribution >= 4 is 0 Å². The second-order valence-electron chi connectivity index (χ2n) is 3.87. The third-order valence-electron chi connectivity index (χ3n) is 2.63. The van der Waals surface area contributed by atoms with Gasteiger partial charge in [0.1, 0.15) is 0 Å². The molecule has 4 nitrogen and oxygen atoms in total. The molecule has 1 aromatic rings. The second-order valence-corrected chi connectivity index (χ2v) is 3.87. The van der Waals surface area contributed by atoms with Crippen LogP contribution in [0.1, 0.15) is 25.2 Å². The van der Waals surface area contributed by atoms with Crippen LogP contribution in [0.15, 0.2) is 18.2 Å². The summed E-state index contributed by atoms with van der Waals surface area (Å²) in [7, 11) is 1.52. The summed E-state index contributed by atoms with van der Waals surface area (Å²) < 4.78 is 16.2. The van der Waals surface area contributed by atoms with Crippen molar-refractivity contribution in [3.05, 3.63) is 23.8 Å². The maximum absolute atomic E-state index is 9.48. The second kappa shape index (κ2) is 4.72. The Morgan fingerprint density at radius 2 is 2.25 bits per heavy atom. The summed E-state index contributed by atoms with van der Waals surface area (Å²) in [6.45, 7) is 2.71. The molecule has 1 saturated heterocycles. The summed E-state index contributed by atoms with van der Waals surface area (Å²) in [5.41, 5.74) is 0.862. The normalized spacial score (nSPS) is 25.4. The van der Waals surface area contributed by atoms with E-state index in [2.05, 4.69) is 0 Å². The number of rotatable bonds is 2. The van der Waals surface area contributed by atoms with Gasteiger partial charge >= 0.3 is 0 Å². The molecule has 4 heteroatoms. The summed E-state index contributed by atoms with van der Waals surface area (Å²) in [6, 6.07) is 5.10. The number of benzene rings is 1. The van der Waals surface area contributed by atoms with Gasteiger partial charge in [-0.3, -0.25) is 0 Å². The molecule has 1 aromatic carbocycles. The first-order chi connectivity index (χ1) is 7.70. The molecule has 0 spiro atoms. The molecule has 0 aliphatic carbocycles. The predicted octanol–water partition coefficient (Wildman–Crippen LogP) is 2.22. The summed E-state index contributed by atoms with van der Waals surface area (Å²) in [5, 5.41) is 9.48. The fourth-order valence-corrected chi connectivity index (χ4v) is 1.67. The topological polar surface area (TPSA) is 47.9 Å².